The van der Waals surface area contributed by atoms with E-state index in [1.54, 1.807) is 6.08 Å². The lowest BCUT2D eigenvalue weighted by molar-refractivity contribution is -0.116. The van der Waals surface area contributed by atoms with E-state index in [9.17, 15) is 13.2 Å². The molecule has 0 aliphatic heterocycles. The molecule has 7 heteroatoms. The van der Waals surface area contributed by atoms with Crippen LogP contribution in [0.5, 0.6) is 0 Å². The smallest absolute Gasteiger partial charge is 0.264 e. The number of rotatable bonds is 9. The first-order valence-electron chi connectivity index (χ1n) is 5.85. The Morgan fingerprint density at radius 3 is 2.56 bits per heavy atom. The van der Waals surface area contributed by atoms with E-state index >= 15 is 0 Å². The molecule has 0 atom stereocenters. The Labute approximate surface area is 109 Å². The first-order valence-corrected chi connectivity index (χ1v) is 7.46. The molecule has 0 aromatic rings. The lowest BCUT2D eigenvalue weighted by Gasteiger charge is -2.06. The Morgan fingerprint density at radius 1 is 1.33 bits per heavy atom. The number of nitrogens with zero attached hydrogens (tertiary/aromatic N) is 1. The second-order valence-electron chi connectivity index (χ2n) is 4.28. The number of amides is 1. The molecule has 0 radical (unpaired) electrons. The quantitative estimate of drug-likeness (QED) is 0.359. The maximum Gasteiger partial charge on any atom is 0.264 e. The fraction of sp³-hybridized carbons (Fsp3) is 0.727. The first-order chi connectivity index (χ1) is 8.31. The molecule has 0 aliphatic carbocycles. The molecule has 1 amide bonds. The third kappa shape index (κ3) is 13.1. The largest absolute Gasteiger partial charge is 0.353 e. The first kappa shape index (κ1) is 17.1. The Kier molecular flexibility index (Phi) is 8.61. The normalized spacial score (nSPS) is 12.2. The zero-order valence-electron chi connectivity index (χ0n) is 10.9. The van der Waals surface area contributed by atoms with Gasteiger partial charge in [-0.25, -0.2) is 0 Å². The van der Waals surface area contributed by atoms with Crippen LogP contribution in [0.25, 0.3) is 0 Å². The van der Waals surface area contributed by atoms with E-state index in [2.05, 4.69) is 10.2 Å². The zero-order valence-corrected chi connectivity index (χ0v) is 11.7. The van der Waals surface area contributed by atoms with Gasteiger partial charge in [-0.3, -0.25) is 9.35 Å². The maximum absolute atomic E-state index is 11.2. The van der Waals surface area contributed by atoms with E-state index in [0.717, 1.165) is 19.4 Å². The molecule has 0 unspecified atom stereocenters. The van der Waals surface area contributed by atoms with Crippen molar-refractivity contribution in [1.29, 1.82) is 0 Å². The van der Waals surface area contributed by atoms with Gasteiger partial charge < -0.3 is 10.2 Å². The van der Waals surface area contributed by atoms with Crippen molar-refractivity contribution in [3.05, 3.63) is 12.2 Å². The van der Waals surface area contributed by atoms with Crippen LogP contribution < -0.4 is 5.32 Å². The maximum atomic E-state index is 11.2. The van der Waals surface area contributed by atoms with Crippen LogP contribution >= 0.6 is 0 Å². The second-order valence-corrected chi connectivity index (χ2v) is 5.85. The molecule has 0 heterocycles. The van der Waals surface area contributed by atoms with Crippen LogP contribution in [-0.4, -0.2) is 56.7 Å². The lowest BCUT2D eigenvalue weighted by Crippen LogP contribution is -2.23. The summed E-state index contributed by atoms with van der Waals surface area (Å²) >= 11 is 0. The Bertz CT molecular complexity index is 363. The molecule has 6 nitrogen and oxygen atoms in total. The van der Waals surface area contributed by atoms with Crippen molar-refractivity contribution in [3.63, 3.8) is 0 Å². The summed E-state index contributed by atoms with van der Waals surface area (Å²) in [6.45, 7) is 1.21. The average molecular weight is 278 g/mol. The van der Waals surface area contributed by atoms with Gasteiger partial charge in [-0.15, -0.1) is 0 Å². The molecular weight excluding hydrogens is 256 g/mol. The highest BCUT2D eigenvalue weighted by Crippen LogP contribution is 1.92. The molecule has 0 fully saturated rings. The molecule has 0 aromatic carbocycles. The zero-order chi connectivity index (χ0) is 14.0. The van der Waals surface area contributed by atoms with Gasteiger partial charge in [0, 0.05) is 6.54 Å². The van der Waals surface area contributed by atoms with Gasteiger partial charge in [0.25, 0.3) is 10.1 Å². The Morgan fingerprint density at radius 2 is 2.00 bits per heavy atom. The highest BCUT2D eigenvalue weighted by atomic mass is 32.2. The van der Waals surface area contributed by atoms with Crippen molar-refractivity contribution < 1.29 is 17.8 Å². The SMILES string of the molecule is CN(C)CCCC=CC(=O)NCCCS(=O)(=O)O. The molecule has 0 aliphatic rings. The van der Waals surface area contributed by atoms with Crippen LogP contribution in [0.2, 0.25) is 0 Å². The predicted octanol–water partition coefficient (Wildman–Crippen LogP) is 0.279. The van der Waals surface area contributed by atoms with Crippen LogP contribution in [0.4, 0.5) is 0 Å². The van der Waals surface area contributed by atoms with Gasteiger partial charge in [-0.2, -0.15) is 8.42 Å². The predicted molar refractivity (Wildman–Crippen MR) is 71.0 cm³/mol. The third-order valence-corrected chi connectivity index (χ3v) is 2.93. The number of hydrogen-bond donors (Lipinski definition) is 2. The lowest BCUT2D eigenvalue weighted by atomic mass is 10.3. The minimum Gasteiger partial charge on any atom is -0.353 e. The summed E-state index contributed by atoms with van der Waals surface area (Å²) in [6.07, 6.45) is 5.26. The van der Waals surface area contributed by atoms with Gasteiger partial charge in [0.1, 0.15) is 0 Å². The van der Waals surface area contributed by atoms with Crippen LogP contribution in [0.15, 0.2) is 12.2 Å². The number of carbonyl (C=O) groups excluding carboxylic acids is 1. The van der Waals surface area contributed by atoms with E-state index in [1.807, 2.05) is 14.1 Å². The average Bonchev–Trinajstić information content (AvgIpc) is 2.22. The fourth-order valence-corrected chi connectivity index (χ4v) is 1.75. The van der Waals surface area contributed by atoms with Crippen LogP contribution in [0.3, 0.4) is 0 Å². The molecule has 0 rings (SSSR count). The van der Waals surface area contributed by atoms with Gasteiger partial charge in [0.05, 0.1) is 5.75 Å². The summed E-state index contributed by atoms with van der Waals surface area (Å²) in [5.74, 6) is -0.574. The van der Waals surface area contributed by atoms with E-state index in [1.165, 1.54) is 6.08 Å². The van der Waals surface area contributed by atoms with E-state index in [4.69, 9.17) is 4.55 Å². The molecule has 18 heavy (non-hydrogen) atoms. The van der Waals surface area contributed by atoms with E-state index < -0.39 is 10.1 Å². The molecule has 0 saturated carbocycles. The number of unbranched alkanes of at least 4 members (excludes halogenated alkanes) is 1. The summed E-state index contributed by atoms with van der Waals surface area (Å²) in [7, 11) is 0.0549. The number of allylic oxidation sites excluding steroid dienone is 1. The van der Waals surface area contributed by atoms with Gasteiger partial charge in [0.15, 0.2) is 0 Å². The molecule has 0 spiro atoms. The van der Waals surface area contributed by atoms with Crippen molar-refractivity contribution in [2.75, 3.05) is 32.9 Å². The monoisotopic (exact) mass is 278 g/mol. The van der Waals surface area contributed by atoms with Gasteiger partial charge >= 0.3 is 0 Å². The van der Waals surface area contributed by atoms with Crippen molar-refractivity contribution in [2.24, 2.45) is 0 Å². The van der Waals surface area contributed by atoms with Crippen molar-refractivity contribution in [1.82, 2.24) is 10.2 Å². The number of hydrogen-bond acceptors (Lipinski definition) is 4. The van der Waals surface area contributed by atoms with Crippen LogP contribution in [0, 0.1) is 0 Å². The summed E-state index contributed by atoms with van der Waals surface area (Å²) in [6, 6.07) is 0. The molecule has 106 valence electrons. The highest BCUT2D eigenvalue weighted by molar-refractivity contribution is 7.85. The minimum atomic E-state index is -3.93. The Balaban J connectivity index is 3.56. The van der Waals surface area contributed by atoms with Crippen LogP contribution in [0.1, 0.15) is 19.3 Å². The molecule has 2 N–H and O–H groups in total. The van der Waals surface area contributed by atoms with E-state index in [-0.39, 0.29) is 24.6 Å². The van der Waals surface area contributed by atoms with Crippen molar-refractivity contribution in [2.45, 2.75) is 19.3 Å². The molecule has 0 saturated heterocycles. The molecular formula is C11H22N2O4S. The third-order valence-electron chi connectivity index (χ3n) is 2.12. The van der Waals surface area contributed by atoms with E-state index in [0.29, 0.717) is 0 Å². The van der Waals surface area contributed by atoms with Crippen molar-refractivity contribution >= 4 is 16.0 Å². The van der Waals surface area contributed by atoms with Crippen molar-refractivity contribution in [3.8, 4) is 0 Å². The fourth-order valence-electron chi connectivity index (χ4n) is 1.24. The van der Waals surface area contributed by atoms with Crippen LogP contribution in [-0.2, 0) is 14.9 Å². The summed E-state index contributed by atoms with van der Waals surface area (Å²) in [5, 5.41) is 2.54. The number of nitrogens with one attached hydrogen (secondary N) is 1. The molecule has 0 bridgehead atoms. The Hall–Kier alpha value is -0.920. The highest BCUT2D eigenvalue weighted by Gasteiger charge is 2.03. The topological polar surface area (TPSA) is 86.7 Å². The second kappa shape index (κ2) is 9.07. The van der Waals surface area contributed by atoms with Gasteiger partial charge in [0.2, 0.25) is 5.91 Å². The number of carbonyl (C=O) groups is 1. The minimum absolute atomic E-state index is 0.207. The molecule has 0 aromatic heterocycles. The van der Waals surface area contributed by atoms with Gasteiger partial charge in [-0.05, 0) is 46.0 Å². The summed E-state index contributed by atoms with van der Waals surface area (Å²) < 4.78 is 29.3. The summed E-state index contributed by atoms with van der Waals surface area (Å²) in [4.78, 5) is 13.3. The van der Waals surface area contributed by atoms with Gasteiger partial charge in [-0.1, -0.05) is 6.08 Å². The standard InChI is InChI=1S/C11H22N2O4S/c1-13(2)9-5-3-4-7-11(14)12-8-6-10-18(15,16)17/h4,7H,3,5-6,8-10H2,1-2H3,(H,12,14)(H,15,16,17). The summed E-state index contributed by atoms with van der Waals surface area (Å²) in [5.41, 5.74) is 0.